The van der Waals surface area contributed by atoms with E-state index in [-0.39, 0.29) is 244 Å². The quantitative estimate of drug-likeness (QED) is 0.292. The molecule has 0 heterocycles. The molecule has 0 N–H and O–H groups in total. The van der Waals surface area contributed by atoms with Gasteiger partial charge < -0.3 is 22.1 Å². The summed E-state index contributed by atoms with van der Waals surface area (Å²) in [6.45, 7) is 0. The maximum absolute atomic E-state index is 0. The van der Waals surface area contributed by atoms with E-state index in [1.165, 1.54) is 0 Å². The molecule has 9 heteroatoms. The summed E-state index contributed by atoms with van der Waals surface area (Å²) in [5.41, 5.74) is 0. The van der Waals surface area contributed by atoms with Gasteiger partial charge in [0.15, 0.2) is 0 Å². The van der Waals surface area contributed by atoms with E-state index >= 15 is 0 Å². The first kappa shape index (κ1) is 72.3. The molecule has 0 aromatic rings. The van der Waals surface area contributed by atoms with Gasteiger partial charge in [0, 0.05) is 52.4 Å². The van der Waals surface area contributed by atoms with Crippen molar-refractivity contribution in [1.82, 2.24) is 0 Å². The van der Waals surface area contributed by atoms with Gasteiger partial charge in [-0.1, -0.05) is 0 Å². The summed E-state index contributed by atoms with van der Waals surface area (Å²) in [7, 11) is 0. The molecule has 0 aromatic carbocycles. The third kappa shape index (κ3) is 51.2. The Kier molecular flexibility index (Phi) is 476. The van der Waals surface area contributed by atoms with Crippen molar-refractivity contribution in [1.29, 1.82) is 0 Å². The Hall–Kier alpha value is 7.18. The molecular weight excluding hydrogens is 783 g/mol. The Morgan fingerprint density at radius 2 is 0.556 bits per heavy atom. The summed E-state index contributed by atoms with van der Waals surface area (Å²) in [6.07, 6.45) is 0. The summed E-state index contributed by atoms with van der Waals surface area (Å²) in [6, 6.07) is 0. The Morgan fingerprint density at radius 3 is 0.556 bits per heavy atom. The van der Waals surface area contributed by atoms with Crippen molar-refractivity contribution in [2.75, 3.05) is 0 Å². The van der Waals surface area contributed by atoms with Gasteiger partial charge in [0.05, 0.1) is 0 Å². The predicted octanol–water partition coefficient (Wildman–Crippen LogP) is -0.673. The largest absolute Gasteiger partial charge is 3.00 e. The van der Waals surface area contributed by atoms with Crippen LogP contribution in [-0.4, -0.2) is 97.8 Å². The topological polar surface area (TPSA) is 85.5 Å². The molecule has 0 radical (unpaired) electrons. The van der Waals surface area contributed by atoms with E-state index in [4.69, 9.17) is 0 Å². The summed E-state index contributed by atoms with van der Waals surface area (Å²) >= 11 is 0. The van der Waals surface area contributed by atoms with Gasteiger partial charge in [0.1, 0.15) is 0 Å². The van der Waals surface area contributed by atoms with Crippen LogP contribution in [-0.2, 0) is 68.8 Å². The zero-order valence-electron chi connectivity index (χ0n) is 8.79. The van der Waals surface area contributed by atoms with Crippen LogP contribution in [0.4, 0.5) is 0 Å². The maximum Gasteiger partial charge on any atom is 3.00 e. The molecule has 0 aliphatic heterocycles. The van der Waals surface area contributed by atoms with Crippen molar-refractivity contribution in [2.45, 2.75) is 0 Å². The first-order valence-electron chi connectivity index (χ1n) is 0. The van der Waals surface area contributed by atoms with Crippen LogP contribution in [0.5, 0.6) is 0 Å². The summed E-state index contributed by atoms with van der Waals surface area (Å²) in [4.78, 5) is 0. The minimum absolute atomic E-state index is 0. The molecule has 0 saturated carbocycles. The molecule has 0 atom stereocenters. The fraction of sp³-hybridized carbons (Fsp3) is 0. The van der Waals surface area contributed by atoms with Gasteiger partial charge in [-0.15, -0.1) is 0 Å². The molecule has 0 aromatic heterocycles. The Balaban J connectivity index is 0. The van der Waals surface area contributed by atoms with Crippen LogP contribution in [0.25, 0.3) is 0 Å². The Bertz CT molecular complexity index is 29.4. The molecule has 0 saturated heterocycles. The fourth-order valence-electron chi connectivity index (χ4n) is 0. The standard InChI is InChI=1S/2Ba.2La.3O.2Zr.4H/q2*+2;2*+3;3*-2;;;4*-1. The van der Waals surface area contributed by atoms with Crippen LogP contribution in [0, 0.1) is 71.2 Å². The summed E-state index contributed by atoms with van der Waals surface area (Å²) in [5, 5.41) is 0. The molecular formula is H4Ba2La2O3Zr2. The average Bonchev–Trinajstić information content (AvgIpc) is 0. The molecule has 0 spiro atoms. The molecule has 0 aliphatic rings. The number of hydrogen-bond donors (Lipinski definition) is 0. The van der Waals surface area contributed by atoms with Gasteiger partial charge >= 0.3 is 169 Å². The molecule has 40 valence electrons. The zero-order chi connectivity index (χ0) is 0. The monoisotopic (exact) mass is 785 g/mol. The summed E-state index contributed by atoms with van der Waals surface area (Å²) in [5.74, 6) is 0. The van der Waals surface area contributed by atoms with Crippen LogP contribution in [0.1, 0.15) is 5.71 Å². The van der Waals surface area contributed by atoms with E-state index in [0.717, 1.165) is 0 Å². The zero-order valence-corrected chi connectivity index (χ0v) is 25.8. The van der Waals surface area contributed by atoms with E-state index in [0.29, 0.717) is 0 Å². The van der Waals surface area contributed by atoms with Gasteiger partial charge in [-0.3, -0.25) is 0 Å². The predicted molar refractivity (Wildman–Crippen MR) is 18.0 cm³/mol. The maximum atomic E-state index is 0. The van der Waals surface area contributed by atoms with Gasteiger partial charge in [-0.05, 0) is 0 Å². The molecule has 0 aliphatic carbocycles. The third-order valence-corrected chi connectivity index (χ3v) is 0. The van der Waals surface area contributed by atoms with E-state index < -0.39 is 0 Å². The van der Waals surface area contributed by atoms with E-state index in [9.17, 15) is 0 Å². The SMILES string of the molecule is [Ba+2].[Ba+2].[H-].[H-].[H-].[H-].[La+3].[La+3].[O-2].[O-2].[O-2].[Zr].[Zr]. The Morgan fingerprint density at radius 1 is 0.556 bits per heavy atom. The van der Waals surface area contributed by atoms with Crippen molar-refractivity contribution >= 4 is 97.8 Å². The second kappa shape index (κ2) is 59.2. The van der Waals surface area contributed by atoms with Crippen LogP contribution >= 0.6 is 0 Å². The molecule has 0 fully saturated rings. The molecule has 0 bridgehead atoms. The normalized spacial score (nSPS) is 0. The van der Waals surface area contributed by atoms with E-state index in [1.807, 2.05) is 0 Å². The summed E-state index contributed by atoms with van der Waals surface area (Å²) < 4.78 is 0. The number of rotatable bonds is 0. The van der Waals surface area contributed by atoms with Crippen molar-refractivity contribution in [3.8, 4) is 0 Å². The first-order valence-corrected chi connectivity index (χ1v) is 0. The molecule has 0 unspecified atom stereocenters. The van der Waals surface area contributed by atoms with E-state index in [1.54, 1.807) is 0 Å². The van der Waals surface area contributed by atoms with Gasteiger partial charge in [0.25, 0.3) is 0 Å². The molecule has 0 amide bonds. The van der Waals surface area contributed by atoms with Crippen molar-refractivity contribution < 1.29 is 146 Å². The smallest absolute Gasteiger partial charge is 2.00 e. The molecule has 3 nitrogen and oxygen atoms in total. The van der Waals surface area contributed by atoms with Gasteiger partial charge in [-0.2, -0.15) is 0 Å². The fourth-order valence-corrected chi connectivity index (χ4v) is 0. The van der Waals surface area contributed by atoms with Crippen molar-refractivity contribution in [2.24, 2.45) is 0 Å². The minimum Gasteiger partial charge on any atom is -2.00 e. The minimum atomic E-state index is 0. The van der Waals surface area contributed by atoms with Crippen LogP contribution < -0.4 is 0 Å². The Labute approximate surface area is 236 Å². The second-order valence-electron chi connectivity index (χ2n) is 0. The van der Waals surface area contributed by atoms with Crippen molar-refractivity contribution in [3.05, 3.63) is 0 Å². The molecule has 0 rings (SSSR count). The first-order chi connectivity index (χ1) is 0. The van der Waals surface area contributed by atoms with Crippen LogP contribution in [0.2, 0.25) is 0 Å². The average molecular weight is 787 g/mol. The van der Waals surface area contributed by atoms with Gasteiger partial charge in [-0.25, -0.2) is 0 Å². The van der Waals surface area contributed by atoms with Crippen LogP contribution in [0.3, 0.4) is 0 Å². The number of hydrogen-bond acceptors (Lipinski definition) is 0. The van der Waals surface area contributed by atoms with Crippen LogP contribution in [0.15, 0.2) is 0 Å². The van der Waals surface area contributed by atoms with Crippen molar-refractivity contribution in [3.63, 3.8) is 0 Å². The second-order valence-corrected chi connectivity index (χ2v) is 0. The van der Waals surface area contributed by atoms with E-state index in [2.05, 4.69) is 0 Å². The van der Waals surface area contributed by atoms with Gasteiger partial charge in [0.2, 0.25) is 0 Å². The molecule has 9 heavy (non-hydrogen) atoms. The third-order valence-electron chi connectivity index (χ3n) is 0.